The summed E-state index contributed by atoms with van der Waals surface area (Å²) in [4.78, 5) is 0. The minimum atomic E-state index is 0. The first-order valence-electron chi connectivity index (χ1n) is 1.59. The standard InChI is InChI=1S/C3H7O.ClH.Ti/c1-3(2)4;;/h3H,1-2H3;1H;/q-1;;+1. The predicted octanol–water partition coefficient (Wildman–Crippen LogP) is 1.29. The van der Waals surface area contributed by atoms with Crippen LogP contribution in [-0.2, 0) is 24.1 Å². The van der Waals surface area contributed by atoms with Crippen molar-refractivity contribution in [2.45, 2.75) is 20.0 Å². The molecular formula is C3H8ClOTi. The van der Waals surface area contributed by atoms with Crippen LogP contribution in [0.4, 0.5) is 0 Å². The van der Waals surface area contributed by atoms with Crippen molar-refractivity contribution < 1.29 is 24.1 Å². The maximum absolute atomic E-state index is 4.75. The summed E-state index contributed by atoms with van der Waals surface area (Å²) in [5.41, 5.74) is 0. The van der Waals surface area contributed by atoms with Crippen LogP contribution in [-0.4, -0.2) is 6.10 Å². The zero-order valence-electron chi connectivity index (χ0n) is 3.89. The fourth-order valence-electron chi connectivity index (χ4n) is 0. The van der Waals surface area contributed by atoms with Gasteiger partial charge in [-0.3, -0.25) is 0 Å². The molecule has 0 atom stereocenters. The Bertz CT molecular complexity index is 24.8. The summed E-state index contributed by atoms with van der Waals surface area (Å²) in [6.07, 6.45) is 0.384. The number of rotatable bonds is 1. The molecule has 0 radical (unpaired) electrons. The molecule has 0 N–H and O–H groups in total. The third kappa shape index (κ3) is 8.88. The van der Waals surface area contributed by atoms with Crippen LogP contribution >= 0.6 is 12.4 Å². The Labute approximate surface area is 56.7 Å². The molecule has 37 valence electrons. The molecule has 0 aromatic carbocycles. The normalized spacial score (nSPS) is 7.67. The summed E-state index contributed by atoms with van der Waals surface area (Å²) >= 11 is 1.70. The van der Waals surface area contributed by atoms with Gasteiger partial charge in [0.1, 0.15) is 0 Å². The van der Waals surface area contributed by atoms with E-state index in [-0.39, 0.29) is 12.4 Å². The molecule has 0 saturated heterocycles. The van der Waals surface area contributed by atoms with Gasteiger partial charge in [-0.15, -0.1) is 12.4 Å². The molecule has 6 heavy (non-hydrogen) atoms. The van der Waals surface area contributed by atoms with Crippen LogP contribution < -0.4 is 0 Å². The topological polar surface area (TPSA) is 9.23 Å². The van der Waals surface area contributed by atoms with Crippen molar-refractivity contribution in [2.24, 2.45) is 0 Å². The second-order valence-electron chi connectivity index (χ2n) is 1.17. The Morgan fingerprint density at radius 1 is 1.50 bits per heavy atom. The molecule has 0 aliphatic carbocycles. The van der Waals surface area contributed by atoms with Crippen molar-refractivity contribution in [3.63, 3.8) is 0 Å². The molecule has 0 aromatic rings. The van der Waals surface area contributed by atoms with Gasteiger partial charge in [-0.05, 0) is 0 Å². The first-order chi connectivity index (χ1) is 2.27. The second-order valence-corrected chi connectivity index (χ2v) is 1.53. The molecule has 0 fully saturated rings. The minimum Gasteiger partial charge on any atom is -0.147 e. The van der Waals surface area contributed by atoms with E-state index in [1.165, 1.54) is 0 Å². The molecule has 0 heterocycles. The van der Waals surface area contributed by atoms with E-state index in [0.717, 1.165) is 0 Å². The van der Waals surface area contributed by atoms with E-state index in [9.17, 15) is 0 Å². The van der Waals surface area contributed by atoms with Gasteiger partial charge in [-0.1, -0.05) is 0 Å². The van der Waals surface area contributed by atoms with Crippen molar-refractivity contribution in [1.29, 1.82) is 0 Å². The average molecular weight is 143 g/mol. The van der Waals surface area contributed by atoms with Crippen molar-refractivity contribution in [2.75, 3.05) is 0 Å². The Kier molecular flexibility index (Phi) is 9.99. The Morgan fingerprint density at radius 2 is 1.67 bits per heavy atom. The van der Waals surface area contributed by atoms with E-state index < -0.39 is 0 Å². The van der Waals surface area contributed by atoms with Crippen LogP contribution in [0.15, 0.2) is 0 Å². The van der Waals surface area contributed by atoms with Gasteiger partial charge in [0.25, 0.3) is 0 Å². The van der Waals surface area contributed by atoms with E-state index in [0.29, 0.717) is 6.10 Å². The second kappa shape index (κ2) is 5.96. The van der Waals surface area contributed by atoms with Gasteiger partial charge in [-0.2, -0.15) is 0 Å². The minimum absolute atomic E-state index is 0. The molecule has 0 saturated carbocycles. The van der Waals surface area contributed by atoms with Crippen molar-refractivity contribution in [3.8, 4) is 0 Å². The van der Waals surface area contributed by atoms with Gasteiger partial charge in [0.2, 0.25) is 0 Å². The Hall–Kier alpha value is 0.964. The van der Waals surface area contributed by atoms with E-state index in [2.05, 4.69) is 0 Å². The summed E-state index contributed by atoms with van der Waals surface area (Å²) in [7, 11) is 0. The van der Waals surface area contributed by atoms with Crippen LogP contribution in [0.3, 0.4) is 0 Å². The van der Waals surface area contributed by atoms with Gasteiger partial charge < -0.3 is 0 Å². The monoisotopic (exact) mass is 143 g/mol. The van der Waals surface area contributed by atoms with Gasteiger partial charge in [-0.25, -0.2) is 0 Å². The molecule has 0 rings (SSSR count). The molecule has 0 amide bonds. The third-order valence-corrected chi connectivity index (χ3v) is 0.972. The SMILES string of the molecule is CC(C)[O][Ti].Cl. The molecular weight excluding hydrogens is 135 g/mol. The van der Waals surface area contributed by atoms with Gasteiger partial charge >= 0.3 is 44.1 Å². The molecule has 0 bridgehead atoms. The van der Waals surface area contributed by atoms with Gasteiger partial charge in [0, 0.05) is 0 Å². The largest absolute Gasteiger partial charge is 0.147 e. The van der Waals surface area contributed by atoms with Crippen molar-refractivity contribution in [1.82, 2.24) is 0 Å². The average Bonchev–Trinajstić information content (AvgIpc) is 1.38. The molecule has 0 aromatic heterocycles. The van der Waals surface area contributed by atoms with Crippen LogP contribution in [0.25, 0.3) is 0 Å². The fourth-order valence-corrected chi connectivity index (χ4v) is 0. The maximum Gasteiger partial charge on any atom is -0.147 e. The number of hydrogen-bond donors (Lipinski definition) is 0. The van der Waals surface area contributed by atoms with Crippen molar-refractivity contribution in [3.05, 3.63) is 0 Å². The van der Waals surface area contributed by atoms with E-state index >= 15 is 0 Å². The Balaban J connectivity index is 0. The zero-order valence-corrected chi connectivity index (χ0v) is 6.27. The van der Waals surface area contributed by atoms with E-state index in [1.807, 2.05) is 13.8 Å². The van der Waals surface area contributed by atoms with Gasteiger partial charge in [0.05, 0.1) is 0 Å². The van der Waals surface area contributed by atoms with Crippen molar-refractivity contribution >= 4 is 12.4 Å². The number of hydrogen-bond acceptors (Lipinski definition) is 1. The summed E-state index contributed by atoms with van der Waals surface area (Å²) in [6, 6.07) is 0. The maximum atomic E-state index is 4.75. The van der Waals surface area contributed by atoms with E-state index in [1.54, 1.807) is 20.8 Å². The summed E-state index contributed by atoms with van der Waals surface area (Å²) < 4.78 is 4.75. The molecule has 1 nitrogen and oxygen atoms in total. The van der Waals surface area contributed by atoms with Crippen LogP contribution in [0.2, 0.25) is 0 Å². The Morgan fingerprint density at radius 3 is 1.67 bits per heavy atom. The van der Waals surface area contributed by atoms with Crippen LogP contribution in [0.1, 0.15) is 13.8 Å². The smallest absolute Gasteiger partial charge is 0.147 e. The van der Waals surface area contributed by atoms with Gasteiger partial charge in [0.15, 0.2) is 0 Å². The molecule has 0 aliphatic rings. The molecule has 0 aliphatic heterocycles. The molecule has 0 unspecified atom stereocenters. The first-order valence-corrected chi connectivity index (χ1v) is 2.23. The zero-order chi connectivity index (χ0) is 4.28. The number of halogens is 1. The quantitative estimate of drug-likeness (QED) is 0.503. The molecule has 0 spiro atoms. The first kappa shape index (κ1) is 10.1. The van der Waals surface area contributed by atoms with E-state index in [4.69, 9.17) is 3.32 Å². The van der Waals surface area contributed by atoms with Crippen LogP contribution in [0.5, 0.6) is 0 Å². The molecule has 3 heteroatoms. The summed E-state index contributed by atoms with van der Waals surface area (Å²) in [5, 5.41) is 0. The predicted molar refractivity (Wildman–Crippen MR) is 23.5 cm³/mol. The summed E-state index contributed by atoms with van der Waals surface area (Å²) in [6.45, 7) is 4.00. The summed E-state index contributed by atoms with van der Waals surface area (Å²) in [5.74, 6) is 0. The fraction of sp³-hybridized carbons (Fsp3) is 1.00. The third-order valence-electron chi connectivity index (χ3n) is 0.236. The van der Waals surface area contributed by atoms with Crippen LogP contribution in [0, 0.1) is 0 Å².